The van der Waals surface area contributed by atoms with Gasteiger partial charge in [-0.1, -0.05) is 6.92 Å². The highest BCUT2D eigenvalue weighted by molar-refractivity contribution is 5.34. The van der Waals surface area contributed by atoms with Crippen molar-refractivity contribution in [2.24, 2.45) is 5.92 Å². The molecule has 2 heterocycles. The number of H-pyrrole nitrogens is 1. The molecule has 1 aromatic heterocycles. The van der Waals surface area contributed by atoms with Crippen LogP contribution < -0.4 is 11.3 Å². The summed E-state index contributed by atoms with van der Waals surface area (Å²) in [5.41, 5.74) is 6.45. The summed E-state index contributed by atoms with van der Waals surface area (Å²) >= 11 is 0. The number of aromatic amines is 1. The average molecular weight is 236 g/mol. The van der Waals surface area contributed by atoms with E-state index >= 15 is 0 Å². The number of rotatable bonds is 3. The van der Waals surface area contributed by atoms with Crippen molar-refractivity contribution >= 4 is 5.69 Å². The van der Waals surface area contributed by atoms with Gasteiger partial charge in [0.2, 0.25) is 0 Å². The molecule has 0 unspecified atom stereocenters. The Labute approximate surface area is 101 Å². The summed E-state index contributed by atoms with van der Waals surface area (Å²) in [6.45, 7) is 5.67. The summed E-state index contributed by atoms with van der Waals surface area (Å²) in [5, 5.41) is 6.48. The van der Waals surface area contributed by atoms with Gasteiger partial charge in [0.25, 0.3) is 5.56 Å². The van der Waals surface area contributed by atoms with Gasteiger partial charge in [-0.2, -0.15) is 5.10 Å². The highest BCUT2D eigenvalue weighted by Crippen LogP contribution is 2.20. The number of anilines is 1. The molecule has 1 aromatic rings. The Morgan fingerprint density at radius 2 is 2.24 bits per heavy atom. The summed E-state index contributed by atoms with van der Waals surface area (Å²) in [4.78, 5) is 13.6. The van der Waals surface area contributed by atoms with Gasteiger partial charge in [0.05, 0.1) is 5.69 Å². The number of nitrogens with zero attached hydrogens (tertiary/aromatic N) is 2. The first kappa shape index (κ1) is 12.1. The Hall–Kier alpha value is -1.36. The van der Waals surface area contributed by atoms with E-state index in [0.717, 1.165) is 18.7 Å². The normalized spacial score (nSPS) is 18.4. The topological polar surface area (TPSA) is 75.0 Å². The zero-order valence-corrected chi connectivity index (χ0v) is 10.3. The maximum absolute atomic E-state index is 11.1. The summed E-state index contributed by atoms with van der Waals surface area (Å²) in [7, 11) is 0. The molecule has 1 saturated heterocycles. The van der Waals surface area contributed by atoms with Crippen molar-refractivity contribution in [2.45, 2.75) is 26.2 Å². The van der Waals surface area contributed by atoms with Crippen LogP contribution >= 0.6 is 0 Å². The predicted octanol–water partition coefficient (Wildman–Crippen LogP) is 0.627. The monoisotopic (exact) mass is 236 g/mol. The maximum Gasteiger partial charge on any atom is 0.287 e. The quantitative estimate of drug-likeness (QED) is 0.807. The van der Waals surface area contributed by atoms with Crippen LogP contribution in [0.25, 0.3) is 0 Å². The Kier molecular flexibility index (Phi) is 3.78. The van der Waals surface area contributed by atoms with E-state index in [4.69, 9.17) is 5.73 Å². The van der Waals surface area contributed by atoms with E-state index < -0.39 is 0 Å². The predicted molar refractivity (Wildman–Crippen MR) is 67.8 cm³/mol. The number of nitrogen functional groups attached to an aromatic ring is 1. The van der Waals surface area contributed by atoms with E-state index in [2.05, 4.69) is 22.0 Å². The third-order valence-electron chi connectivity index (χ3n) is 3.54. The largest absolute Gasteiger partial charge is 0.394 e. The number of hydrogen-bond donors (Lipinski definition) is 2. The fourth-order valence-electron chi connectivity index (χ4n) is 2.37. The molecule has 5 heteroatoms. The number of nitrogens with one attached hydrogen (secondary N) is 1. The molecule has 3 N–H and O–H groups in total. The summed E-state index contributed by atoms with van der Waals surface area (Å²) in [6, 6.07) is 1.70. The van der Waals surface area contributed by atoms with Crippen LogP contribution in [0.4, 0.5) is 5.69 Å². The van der Waals surface area contributed by atoms with E-state index in [9.17, 15) is 4.79 Å². The van der Waals surface area contributed by atoms with Crippen LogP contribution in [0, 0.1) is 5.92 Å². The minimum Gasteiger partial charge on any atom is -0.394 e. The lowest BCUT2D eigenvalue weighted by atomic mass is 9.92. The van der Waals surface area contributed by atoms with Gasteiger partial charge in [-0.15, -0.1) is 0 Å². The lowest BCUT2D eigenvalue weighted by molar-refractivity contribution is 0.191. The van der Waals surface area contributed by atoms with Crippen LogP contribution in [0.2, 0.25) is 0 Å². The molecule has 17 heavy (non-hydrogen) atoms. The number of likely N-dealkylation sites (tertiary alicyclic amines) is 1. The van der Waals surface area contributed by atoms with Crippen molar-refractivity contribution < 1.29 is 0 Å². The highest BCUT2D eigenvalue weighted by atomic mass is 16.1. The second-order valence-corrected chi connectivity index (χ2v) is 4.73. The van der Waals surface area contributed by atoms with Crippen molar-refractivity contribution in [3.63, 3.8) is 0 Å². The first-order valence-electron chi connectivity index (χ1n) is 6.25. The van der Waals surface area contributed by atoms with Crippen LogP contribution in [-0.2, 0) is 6.42 Å². The number of piperidine rings is 1. The van der Waals surface area contributed by atoms with Crippen molar-refractivity contribution in [1.82, 2.24) is 15.1 Å². The van der Waals surface area contributed by atoms with Gasteiger partial charge < -0.3 is 10.6 Å². The van der Waals surface area contributed by atoms with Crippen LogP contribution in [0.5, 0.6) is 0 Å². The lowest BCUT2D eigenvalue weighted by Crippen LogP contribution is -2.34. The van der Waals surface area contributed by atoms with Gasteiger partial charge >= 0.3 is 0 Å². The van der Waals surface area contributed by atoms with Gasteiger partial charge in [-0.05, 0) is 50.9 Å². The van der Waals surface area contributed by atoms with Crippen molar-refractivity contribution in [3.8, 4) is 0 Å². The third-order valence-corrected chi connectivity index (χ3v) is 3.54. The molecule has 94 valence electrons. The fraction of sp³-hybridized carbons (Fsp3) is 0.667. The standard InChI is InChI=1S/C12H20N4O/c1-2-16-5-3-9(4-6-16)7-10-8-11(13)12(17)15-14-10/h8-9H,2-7H2,1H3,(H2,13,14)(H,15,17). The summed E-state index contributed by atoms with van der Waals surface area (Å²) < 4.78 is 0. The SMILES string of the molecule is CCN1CCC(Cc2cc(N)c(=O)[nH]n2)CC1. The zero-order chi connectivity index (χ0) is 12.3. The molecule has 0 aromatic carbocycles. The Balaban J connectivity index is 1.93. The van der Waals surface area contributed by atoms with Crippen LogP contribution in [0.15, 0.2) is 10.9 Å². The minimum atomic E-state index is -0.297. The fourth-order valence-corrected chi connectivity index (χ4v) is 2.37. The van der Waals surface area contributed by atoms with Gasteiger partial charge in [0.1, 0.15) is 5.69 Å². The second kappa shape index (κ2) is 5.31. The second-order valence-electron chi connectivity index (χ2n) is 4.73. The van der Waals surface area contributed by atoms with E-state index in [1.165, 1.54) is 25.9 Å². The Morgan fingerprint density at radius 1 is 1.53 bits per heavy atom. The highest BCUT2D eigenvalue weighted by Gasteiger charge is 2.18. The van der Waals surface area contributed by atoms with E-state index in [-0.39, 0.29) is 11.2 Å². The first-order chi connectivity index (χ1) is 8.19. The molecule has 0 amide bonds. The summed E-state index contributed by atoms with van der Waals surface area (Å²) in [5.74, 6) is 0.663. The molecule has 1 fully saturated rings. The molecule has 0 aliphatic carbocycles. The third kappa shape index (κ3) is 3.06. The molecule has 0 spiro atoms. The molecular formula is C12H20N4O. The Bertz CT molecular complexity index is 421. The van der Waals surface area contributed by atoms with Gasteiger partial charge in [0, 0.05) is 0 Å². The molecule has 0 bridgehead atoms. The number of hydrogen-bond acceptors (Lipinski definition) is 4. The first-order valence-corrected chi connectivity index (χ1v) is 6.25. The van der Waals surface area contributed by atoms with Gasteiger partial charge in [-0.3, -0.25) is 4.79 Å². The van der Waals surface area contributed by atoms with Crippen LogP contribution in [0.1, 0.15) is 25.5 Å². The molecule has 1 aliphatic rings. The molecule has 0 atom stereocenters. The van der Waals surface area contributed by atoms with Crippen LogP contribution in [0.3, 0.4) is 0 Å². The van der Waals surface area contributed by atoms with Crippen molar-refractivity contribution in [3.05, 3.63) is 22.1 Å². The Morgan fingerprint density at radius 3 is 2.82 bits per heavy atom. The maximum atomic E-state index is 11.1. The average Bonchev–Trinajstić information content (AvgIpc) is 2.35. The van der Waals surface area contributed by atoms with E-state index in [0.29, 0.717) is 5.92 Å². The smallest absolute Gasteiger partial charge is 0.287 e. The lowest BCUT2D eigenvalue weighted by Gasteiger charge is -2.30. The minimum absolute atomic E-state index is 0.265. The molecule has 5 nitrogen and oxygen atoms in total. The zero-order valence-electron chi connectivity index (χ0n) is 10.3. The van der Waals surface area contributed by atoms with Gasteiger partial charge in [-0.25, -0.2) is 5.10 Å². The van der Waals surface area contributed by atoms with Gasteiger partial charge in [0.15, 0.2) is 0 Å². The van der Waals surface area contributed by atoms with Crippen LogP contribution in [-0.4, -0.2) is 34.7 Å². The van der Waals surface area contributed by atoms with Crippen molar-refractivity contribution in [2.75, 3.05) is 25.4 Å². The molecule has 2 rings (SSSR count). The number of nitrogens with two attached hydrogens (primary N) is 1. The van der Waals surface area contributed by atoms with Crippen molar-refractivity contribution in [1.29, 1.82) is 0 Å². The van der Waals surface area contributed by atoms with E-state index in [1.807, 2.05) is 0 Å². The number of aromatic nitrogens is 2. The molecule has 1 aliphatic heterocycles. The molecule has 0 radical (unpaired) electrons. The van der Waals surface area contributed by atoms with E-state index in [1.54, 1.807) is 6.07 Å². The molecule has 0 saturated carbocycles. The molecular weight excluding hydrogens is 216 g/mol. The summed E-state index contributed by atoms with van der Waals surface area (Å²) in [6.07, 6.45) is 3.32.